The molecule has 0 saturated carbocycles. The van der Waals surface area contributed by atoms with E-state index in [1.807, 2.05) is 6.07 Å². The van der Waals surface area contributed by atoms with Crippen LogP contribution in [0.3, 0.4) is 0 Å². The van der Waals surface area contributed by atoms with Gasteiger partial charge in [0.25, 0.3) is 5.91 Å². The van der Waals surface area contributed by atoms with E-state index in [-0.39, 0.29) is 23.9 Å². The van der Waals surface area contributed by atoms with Crippen LogP contribution in [0.5, 0.6) is 0 Å². The summed E-state index contributed by atoms with van der Waals surface area (Å²) in [6, 6.07) is 21.8. The van der Waals surface area contributed by atoms with Gasteiger partial charge in [0.1, 0.15) is 6.17 Å². The smallest absolute Gasteiger partial charge is 0.255 e. The highest BCUT2D eigenvalue weighted by Gasteiger charge is 2.44. The van der Waals surface area contributed by atoms with Crippen LogP contribution < -0.4 is 0 Å². The Balaban J connectivity index is 1.82. The second-order valence-corrected chi connectivity index (χ2v) is 9.57. The van der Waals surface area contributed by atoms with Crippen LogP contribution in [0, 0.1) is 0 Å². The van der Waals surface area contributed by atoms with E-state index in [0.717, 1.165) is 0 Å². The quantitative estimate of drug-likeness (QED) is 0.559. The van der Waals surface area contributed by atoms with Crippen molar-refractivity contribution in [3.63, 3.8) is 0 Å². The second kappa shape index (κ2) is 8.40. The summed E-state index contributed by atoms with van der Waals surface area (Å²) in [5.41, 5.74) is 0.980. The molecule has 4 rings (SSSR count). The van der Waals surface area contributed by atoms with Gasteiger partial charge in [-0.25, -0.2) is 8.42 Å². The average Bonchev–Trinajstić information content (AvgIpc) is 3.20. The van der Waals surface area contributed by atoms with Gasteiger partial charge in [0.05, 0.1) is 4.90 Å². The molecule has 0 unspecified atom stereocenters. The van der Waals surface area contributed by atoms with Crippen LogP contribution in [0.15, 0.2) is 83.8 Å². The Kier molecular flexibility index (Phi) is 5.84. The van der Waals surface area contributed by atoms with Crippen molar-refractivity contribution < 1.29 is 13.2 Å². The molecule has 1 atom stereocenters. The van der Waals surface area contributed by atoms with Crippen LogP contribution in [0.4, 0.5) is 0 Å². The number of amides is 1. The molecular formula is C22H18Cl2N2O3S. The van der Waals surface area contributed by atoms with Crippen molar-refractivity contribution in [2.24, 2.45) is 0 Å². The molecule has 0 aliphatic carbocycles. The zero-order valence-electron chi connectivity index (χ0n) is 15.8. The van der Waals surface area contributed by atoms with Crippen LogP contribution in [0.1, 0.15) is 22.1 Å². The van der Waals surface area contributed by atoms with Crippen LogP contribution in [-0.4, -0.2) is 36.6 Å². The maximum Gasteiger partial charge on any atom is 0.255 e. The molecule has 1 aliphatic heterocycles. The molecule has 1 amide bonds. The van der Waals surface area contributed by atoms with Crippen LogP contribution in [0.2, 0.25) is 10.0 Å². The van der Waals surface area contributed by atoms with E-state index in [1.165, 1.54) is 21.3 Å². The van der Waals surface area contributed by atoms with E-state index in [0.29, 0.717) is 21.2 Å². The summed E-state index contributed by atoms with van der Waals surface area (Å²) in [5.74, 6) is -0.266. The Morgan fingerprint density at radius 3 is 2.13 bits per heavy atom. The number of sulfonamides is 1. The fraction of sp³-hybridized carbons (Fsp3) is 0.136. The lowest BCUT2D eigenvalue weighted by Crippen LogP contribution is -2.38. The van der Waals surface area contributed by atoms with Gasteiger partial charge in [-0.05, 0) is 36.4 Å². The van der Waals surface area contributed by atoms with Crippen molar-refractivity contribution in [1.29, 1.82) is 0 Å². The van der Waals surface area contributed by atoms with Crippen LogP contribution in [-0.2, 0) is 10.0 Å². The predicted molar refractivity (Wildman–Crippen MR) is 117 cm³/mol. The normalized spacial score (nSPS) is 17.3. The summed E-state index contributed by atoms with van der Waals surface area (Å²) in [4.78, 5) is 14.9. The number of rotatable bonds is 4. The standard InChI is InChI=1S/C22H18Cl2N2O3S/c23-17-11-12-19(20(24)15-17)21-25(22(27)16-7-3-1-4-8-16)13-14-26(21)30(28,29)18-9-5-2-6-10-18/h1-12,15,21H,13-14H2/t21-/m0/s1. The van der Waals surface area contributed by atoms with Gasteiger partial charge < -0.3 is 4.90 Å². The molecule has 1 fully saturated rings. The number of benzene rings is 3. The first-order chi connectivity index (χ1) is 14.4. The SMILES string of the molecule is O=C(c1ccccc1)N1CCN(S(=O)(=O)c2ccccc2)[C@H]1c1ccc(Cl)cc1Cl. The van der Waals surface area contributed by atoms with E-state index in [1.54, 1.807) is 60.7 Å². The minimum atomic E-state index is -3.86. The van der Waals surface area contributed by atoms with Crippen molar-refractivity contribution in [2.75, 3.05) is 13.1 Å². The lowest BCUT2D eigenvalue weighted by atomic mass is 10.1. The zero-order valence-corrected chi connectivity index (χ0v) is 18.1. The van der Waals surface area contributed by atoms with E-state index in [2.05, 4.69) is 0 Å². The third kappa shape index (κ3) is 3.84. The largest absolute Gasteiger partial charge is 0.316 e. The fourth-order valence-corrected chi connectivity index (χ4v) is 5.67. The summed E-state index contributed by atoms with van der Waals surface area (Å²) >= 11 is 12.5. The van der Waals surface area contributed by atoms with Gasteiger partial charge >= 0.3 is 0 Å². The lowest BCUT2D eigenvalue weighted by Gasteiger charge is -2.31. The topological polar surface area (TPSA) is 57.7 Å². The van der Waals surface area contributed by atoms with E-state index in [9.17, 15) is 13.2 Å². The van der Waals surface area contributed by atoms with Gasteiger partial charge in [-0.3, -0.25) is 4.79 Å². The van der Waals surface area contributed by atoms with Gasteiger partial charge in [0.15, 0.2) is 0 Å². The summed E-state index contributed by atoms with van der Waals surface area (Å²) in [6.07, 6.45) is -0.882. The molecule has 0 N–H and O–H groups in total. The number of hydrogen-bond donors (Lipinski definition) is 0. The monoisotopic (exact) mass is 460 g/mol. The molecule has 154 valence electrons. The first-order valence-corrected chi connectivity index (χ1v) is 11.5. The summed E-state index contributed by atoms with van der Waals surface area (Å²) in [7, 11) is -3.86. The fourth-order valence-electron chi connectivity index (χ4n) is 3.58. The predicted octanol–water partition coefficient (Wildman–Crippen LogP) is 4.84. The molecule has 1 aliphatic rings. The van der Waals surface area contributed by atoms with Crippen molar-refractivity contribution in [3.05, 3.63) is 100 Å². The van der Waals surface area contributed by atoms with Crippen molar-refractivity contribution in [2.45, 2.75) is 11.1 Å². The molecule has 0 spiro atoms. The molecule has 5 nitrogen and oxygen atoms in total. The van der Waals surface area contributed by atoms with E-state index in [4.69, 9.17) is 23.2 Å². The molecule has 0 aromatic heterocycles. The minimum Gasteiger partial charge on any atom is -0.316 e. The Bertz CT molecular complexity index is 1170. The Hall–Kier alpha value is -2.38. The molecule has 30 heavy (non-hydrogen) atoms. The van der Waals surface area contributed by atoms with Crippen molar-refractivity contribution in [1.82, 2.24) is 9.21 Å². The first-order valence-electron chi connectivity index (χ1n) is 9.27. The Labute approximate surface area is 185 Å². The maximum atomic E-state index is 13.4. The molecule has 3 aromatic rings. The maximum absolute atomic E-state index is 13.4. The zero-order chi connectivity index (χ0) is 21.3. The Morgan fingerprint density at radius 1 is 0.867 bits per heavy atom. The number of carbonyl (C=O) groups is 1. The van der Waals surface area contributed by atoms with E-state index >= 15 is 0 Å². The molecule has 1 heterocycles. The van der Waals surface area contributed by atoms with E-state index < -0.39 is 16.2 Å². The van der Waals surface area contributed by atoms with Gasteiger partial charge in [-0.1, -0.05) is 65.7 Å². The molecular weight excluding hydrogens is 443 g/mol. The highest BCUT2D eigenvalue weighted by molar-refractivity contribution is 7.89. The van der Waals surface area contributed by atoms with Crippen molar-refractivity contribution in [3.8, 4) is 0 Å². The van der Waals surface area contributed by atoms with Gasteiger partial charge in [0.2, 0.25) is 10.0 Å². The summed E-state index contributed by atoms with van der Waals surface area (Å²) in [6.45, 7) is 0.392. The van der Waals surface area contributed by atoms with Gasteiger partial charge in [0, 0.05) is 34.3 Å². The number of carbonyl (C=O) groups excluding carboxylic acids is 1. The molecule has 3 aromatic carbocycles. The summed E-state index contributed by atoms with van der Waals surface area (Å²) in [5, 5.41) is 0.730. The molecule has 0 bridgehead atoms. The number of halogens is 2. The first kappa shape index (κ1) is 20.9. The van der Waals surface area contributed by atoms with Gasteiger partial charge in [-0.15, -0.1) is 0 Å². The highest BCUT2D eigenvalue weighted by atomic mass is 35.5. The number of hydrogen-bond acceptors (Lipinski definition) is 3. The van der Waals surface area contributed by atoms with Gasteiger partial charge in [-0.2, -0.15) is 4.31 Å². The van der Waals surface area contributed by atoms with Crippen molar-refractivity contribution >= 4 is 39.1 Å². The highest BCUT2D eigenvalue weighted by Crippen LogP contribution is 2.39. The second-order valence-electron chi connectivity index (χ2n) is 6.83. The van der Waals surface area contributed by atoms with Crippen LogP contribution in [0.25, 0.3) is 0 Å². The van der Waals surface area contributed by atoms with Crippen LogP contribution >= 0.6 is 23.2 Å². The summed E-state index contributed by atoms with van der Waals surface area (Å²) < 4.78 is 28.2. The third-order valence-corrected chi connectivity index (χ3v) is 7.43. The molecule has 0 radical (unpaired) electrons. The molecule has 1 saturated heterocycles. The average molecular weight is 461 g/mol. The lowest BCUT2D eigenvalue weighted by molar-refractivity contribution is 0.0693. The minimum absolute atomic E-state index is 0.152. The molecule has 8 heteroatoms. The third-order valence-electron chi connectivity index (χ3n) is 5.00. The number of nitrogens with zero attached hydrogens (tertiary/aromatic N) is 2. The Morgan fingerprint density at radius 2 is 1.50 bits per heavy atom.